The summed E-state index contributed by atoms with van der Waals surface area (Å²) < 4.78 is 0. The predicted octanol–water partition coefficient (Wildman–Crippen LogP) is 3.97. The lowest BCUT2D eigenvalue weighted by Gasteiger charge is -2.10. The molecule has 0 atom stereocenters. The van der Waals surface area contributed by atoms with E-state index < -0.39 is 5.91 Å². The number of hydrogen-bond donors (Lipinski definition) is 3. The molecule has 0 aliphatic heterocycles. The average molecular weight is 414 g/mol. The molecule has 3 aromatic rings. The zero-order valence-corrected chi connectivity index (χ0v) is 17.2. The molecule has 3 amide bonds. The third-order valence-electron chi connectivity index (χ3n) is 4.31. The second-order valence-electron chi connectivity index (χ2n) is 6.87. The number of nitrogens with one attached hydrogen (secondary N) is 3. The molecule has 0 aromatic heterocycles. The van der Waals surface area contributed by atoms with Crippen molar-refractivity contribution < 1.29 is 14.4 Å². The first-order valence-electron chi connectivity index (χ1n) is 9.60. The zero-order valence-electron chi connectivity index (χ0n) is 17.2. The molecule has 0 radical (unpaired) electrons. The van der Waals surface area contributed by atoms with Crippen LogP contribution >= 0.6 is 0 Å². The van der Waals surface area contributed by atoms with Crippen molar-refractivity contribution in [3.63, 3.8) is 0 Å². The number of amides is 3. The highest BCUT2D eigenvalue weighted by atomic mass is 16.2. The number of aryl methyl sites for hydroxylation is 1. The molecule has 0 unspecified atom stereocenters. The Morgan fingerprint density at radius 2 is 1.58 bits per heavy atom. The van der Waals surface area contributed by atoms with Gasteiger partial charge in [-0.3, -0.25) is 14.4 Å². The summed E-state index contributed by atoms with van der Waals surface area (Å²) in [6.07, 6.45) is 1.49. The van der Waals surface area contributed by atoms with E-state index in [1.807, 2.05) is 13.0 Å². The van der Waals surface area contributed by atoms with E-state index in [0.29, 0.717) is 22.5 Å². The molecule has 0 saturated heterocycles. The molecule has 3 N–H and O–H groups in total. The maximum atomic E-state index is 12.6. The first-order chi connectivity index (χ1) is 14.9. The minimum Gasteiger partial charge on any atom is -0.326 e. The maximum absolute atomic E-state index is 12.6. The van der Waals surface area contributed by atoms with Crippen LogP contribution in [0.25, 0.3) is 0 Å². The number of carbonyl (C=O) groups is 3. The molecule has 0 spiro atoms. The second-order valence-corrected chi connectivity index (χ2v) is 6.87. The van der Waals surface area contributed by atoms with E-state index in [1.165, 1.54) is 13.1 Å². The molecule has 3 rings (SSSR count). The minimum absolute atomic E-state index is 0.151. The van der Waals surface area contributed by atoms with E-state index in [2.05, 4.69) is 21.2 Å². The van der Waals surface area contributed by atoms with Gasteiger partial charge in [-0.15, -0.1) is 0 Å². The van der Waals surface area contributed by atoms with Crippen molar-refractivity contribution in [2.75, 3.05) is 10.6 Å². The highest BCUT2D eigenvalue weighted by Gasteiger charge is 2.13. The SMILES string of the molecule is CC(=O)Nc1ccc(/C=N\NC(=O)c2ccccc2NC(=O)c2cccc(C)c2)cc1. The van der Waals surface area contributed by atoms with Crippen molar-refractivity contribution in [1.82, 2.24) is 5.43 Å². The monoisotopic (exact) mass is 414 g/mol. The van der Waals surface area contributed by atoms with Crippen molar-refractivity contribution >= 4 is 35.3 Å². The summed E-state index contributed by atoms with van der Waals surface area (Å²) in [6, 6.07) is 20.9. The molecule has 3 aromatic carbocycles. The second kappa shape index (κ2) is 9.98. The molecular weight excluding hydrogens is 392 g/mol. The molecule has 7 nitrogen and oxygen atoms in total. The van der Waals surface area contributed by atoms with E-state index in [9.17, 15) is 14.4 Å². The Morgan fingerprint density at radius 1 is 0.839 bits per heavy atom. The Hall–Kier alpha value is -4.26. The van der Waals surface area contributed by atoms with E-state index >= 15 is 0 Å². The highest BCUT2D eigenvalue weighted by Crippen LogP contribution is 2.17. The van der Waals surface area contributed by atoms with Crippen LogP contribution in [0, 0.1) is 6.92 Å². The average Bonchev–Trinajstić information content (AvgIpc) is 2.75. The fourth-order valence-electron chi connectivity index (χ4n) is 2.85. The van der Waals surface area contributed by atoms with Gasteiger partial charge in [0.05, 0.1) is 17.5 Å². The van der Waals surface area contributed by atoms with Gasteiger partial charge in [0.2, 0.25) is 5.91 Å². The molecule has 7 heteroatoms. The van der Waals surface area contributed by atoms with Gasteiger partial charge >= 0.3 is 0 Å². The normalized spacial score (nSPS) is 10.5. The van der Waals surface area contributed by atoms with Gasteiger partial charge in [0, 0.05) is 18.2 Å². The van der Waals surface area contributed by atoms with E-state index in [1.54, 1.807) is 66.7 Å². The third kappa shape index (κ3) is 6.11. The van der Waals surface area contributed by atoms with Crippen LogP contribution in [0.1, 0.15) is 38.8 Å². The molecule has 0 bridgehead atoms. The first-order valence-corrected chi connectivity index (χ1v) is 9.60. The lowest BCUT2D eigenvalue weighted by molar-refractivity contribution is -0.114. The molecule has 31 heavy (non-hydrogen) atoms. The summed E-state index contributed by atoms with van der Waals surface area (Å²) in [4.78, 5) is 36.2. The molecule has 0 aliphatic rings. The van der Waals surface area contributed by atoms with Gasteiger partial charge in [0.15, 0.2) is 0 Å². The molecule has 156 valence electrons. The van der Waals surface area contributed by atoms with Crippen LogP contribution in [0.2, 0.25) is 0 Å². The number of anilines is 2. The van der Waals surface area contributed by atoms with E-state index in [0.717, 1.165) is 11.1 Å². The molecule has 0 aliphatic carbocycles. The molecule has 0 fully saturated rings. The zero-order chi connectivity index (χ0) is 22.2. The van der Waals surface area contributed by atoms with Gasteiger partial charge in [-0.2, -0.15) is 5.10 Å². The standard InChI is InChI=1S/C24H22N4O3/c1-16-6-5-7-19(14-16)23(30)27-22-9-4-3-8-21(22)24(31)28-25-15-18-10-12-20(13-11-18)26-17(2)29/h3-15H,1-2H3,(H,26,29)(H,27,30)(H,28,31)/b25-15-. The number of nitrogens with zero attached hydrogens (tertiary/aromatic N) is 1. The summed E-state index contributed by atoms with van der Waals surface area (Å²) in [5.74, 6) is -0.903. The molecule has 0 heterocycles. The topological polar surface area (TPSA) is 99.7 Å². The van der Waals surface area contributed by atoms with Crippen molar-refractivity contribution in [3.8, 4) is 0 Å². The maximum Gasteiger partial charge on any atom is 0.273 e. The third-order valence-corrected chi connectivity index (χ3v) is 4.31. The van der Waals surface area contributed by atoms with Crippen LogP contribution in [-0.2, 0) is 4.79 Å². The van der Waals surface area contributed by atoms with Crippen LogP contribution in [-0.4, -0.2) is 23.9 Å². The number of para-hydroxylation sites is 1. The van der Waals surface area contributed by atoms with Crippen LogP contribution < -0.4 is 16.1 Å². The van der Waals surface area contributed by atoms with Crippen LogP contribution in [0.15, 0.2) is 77.9 Å². The largest absolute Gasteiger partial charge is 0.326 e. The lowest BCUT2D eigenvalue weighted by atomic mass is 10.1. The Bertz CT molecular complexity index is 1140. The quantitative estimate of drug-likeness (QED) is 0.420. The van der Waals surface area contributed by atoms with E-state index in [4.69, 9.17) is 0 Å². The Morgan fingerprint density at radius 3 is 2.29 bits per heavy atom. The summed E-state index contributed by atoms with van der Waals surface area (Å²) in [7, 11) is 0. The summed E-state index contributed by atoms with van der Waals surface area (Å²) >= 11 is 0. The van der Waals surface area contributed by atoms with Crippen LogP contribution in [0.4, 0.5) is 11.4 Å². The van der Waals surface area contributed by atoms with Crippen molar-refractivity contribution in [3.05, 3.63) is 95.1 Å². The first kappa shape index (κ1) is 21.4. The lowest BCUT2D eigenvalue weighted by Crippen LogP contribution is -2.21. The van der Waals surface area contributed by atoms with Gasteiger partial charge < -0.3 is 10.6 Å². The fraction of sp³-hybridized carbons (Fsp3) is 0.0833. The summed E-state index contributed by atoms with van der Waals surface area (Å²) in [5.41, 5.74) is 6.05. The number of hydrazone groups is 1. The van der Waals surface area contributed by atoms with Crippen molar-refractivity contribution in [2.24, 2.45) is 5.10 Å². The van der Waals surface area contributed by atoms with Crippen molar-refractivity contribution in [2.45, 2.75) is 13.8 Å². The fourth-order valence-corrected chi connectivity index (χ4v) is 2.85. The van der Waals surface area contributed by atoms with E-state index in [-0.39, 0.29) is 11.8 Å². The molecule has 0 saturated carbocycles. The Labute approximate surface area is 180 Å². The number of rotatable bonds is 6. The Balaban J connectivity index is 1.66. The summed E-state index contributed by atoms with van der Waals surface area (Å²) in [6.45, 7) is 3.34. The predicted molar refractivity (Wildman–Crippen MR) is 121 cm³/mol. The minimum atomic E-state index is -0.453. The summed E-state index contributed by atoms with van der Waals surface area (Å²) in [5, 5.41) is 9.43. The van der Waals surface area contributed by atoms with Gasteiger partial charge in [0.1, 0.15) is 0 Å². The molecular formula is C24H22N4O3. The van der Waals surface area contributed by atoms with Gasteiger partial charge in [-0.25, -0.2) is 5.43 Å². The van der Waals surface area contributed by atoms with Crippen molar-refractivity contribution in [1.29, 1.82) is 0 Å². The van der Waals surface area contributed by atoms with Crippen LogP contribution in [0.3, 0.4) is 0 Å². The number of benzene rings is 3. The smallest absolute Gasteiger partial charge is 0.273 e. The van der Waals surface area contributed by atoms with Gasteiger partial charge in [-0.05, 0) is 48.9 Å². The Kier molecular flexibility index (Phi) is 6.90. The van der Waals surface area contributed by atoms with Crippen LogP contribution in [0.5, 0.6) is 0 Å². The number of hydrogen-bond acceptors (Lipinski definition) is 4. The highest BCUT2D eigenvalue weighted by molar-refractivity contribution is 6.09. The van der Waals surface area contributed by atoms with Gasteiger partial charge in [-0.1, -0.05) is 42.0 Å². The number of carbonyl (C=O) groups excluding carboxylic acids is 3. The van der Waals surface area contributed by atoms with Gasteiger partial charge in [0.25, 0.3) is 11.8 Å².